The van der Waals surface area contributed by atoms with Gasteiger partial charge in [0.25, 0.3) is 0 Å². The first kappa shape index (κ1) is 14.0. The molecular formula is C15H14ClF2N. The molecule has 0 aromatic heterocycles. The van der Waals surface area contributed by atoms with Gasteiger partial charge in [0, 0.05) is 10.6 Å². The highest BCUT2D eigenvalue weighted by Crippen LogP contribution is 2.27. The van der Waals surface area contributed by atoms with Gasteiger partial charge < -0.3 is 5.73 Å². The summed E-state index contributed by atoms with van der Waals surface area (Å²) >= 11 is 5.95. The molecule has 2 N–H and O–H groups in total. The Hall–Kier alpha value is -1.45. The molecule has 0 saturated carbocycles. The molecule has 2 aromatic rings. The first-order valence-corrected chi connectivity index (χ1v) is 6.25. The molecule has 100 valence electrons. The van der Waals surface area contributed by atoms with Gasteiger partial charge in [-0.15, -0.1) is 0 Å². The second-order valence-electron chi connectivity index (χ2n) is 4.64. The van der Waals surface area contributed by atoms with Gasteiger partial charge in [-0.05, 0) is 42.7 Å². The van der Waals surface area contributed by atoms with Gasteiger partial charge in [0.05, 0.1) is 6.04 Å². The molecule has 0 fully saturated rings. The maximum atomic E-state index is 13.9. The molecule has 0 saturated heterocycles. The number of nitrogens with two attached hydrogens (primary N) is 1. The molecule has 0 heterocycles. The molecule has 0 bridgehead atoms. The minimum Gasteiger partial charge on any atom is -0.320 e. The zero-order valence-electron chi connectivity index (χ0n) is 10.7. The highest BCUT2D eigenvalue weighted by Gasteiger charge is 2.18. The number of halogens is 3. The van der Waals surface area contributed by atoms with Gasteiger partial charge in [-0.1, -0.05) is 29.8 Å². The van der Waals surface area contributed by atoms with Crippen LogP contribution in [0.3, 0.4) is 0 Å². The summed E-state index contributed by atoms with van der Waals surface area (Å²) < 4.78 is 27.5. The molecule has 19 heavy (non-hydrogen) atoms. The molecule has 2 aromatic carbocycles. The van der Waals surface area contributed by atoms with Crippen LogP contribution < -0.4 is 5.73 Å². The van der Waals surface area contributed by atoms with Crippen LogP contribution in [0.15, 0.2) is 30.3 Å². The Labute approximate surface area is 116 Å². The highest BCUT2D eigenvalue weighted by atomic mass is 35.5. The van der Waals surface area contributed by atoms with E-state index in [0.29, 0.717) is 10.6 Å². The van der Waals surface area contributed by atoms with E-state index in [2.05, 4.69) is 0 Å². The lowest BCUT2D eigenvalue weighted by atomic mass is 9.96. The second kappa shape index (κ2) is 5.27. The maximum absolute atomic E-state index is 13.9. The molecule has 2 rings (SSSR count). The van der Waals surface area contributed by atoms with Crippen molar-refractivity contribution in [3.8, 4) is 0 Å². The predicted molar refractivity (Wildman–Crippen MR) is 73.3 cm³/mol. The zero-order chi connectivity index (χ0) is 14.2. The van der Waals surface area contributed by atoms with E-state index in [1.165, 1.54) is 19.1 Å². The Kier molecular flexibility index (Phi) is 3.88. The molecule has 4 heteroatoms. The predicted octanol–water partition coefficient (Wildman–Crippen LogP) is 4.28. The van der Waals surface area contributed by atoms with Crippen molar-refractivity contribution < 1.29 is 8.78 Å². The zero-order valence-corrected chi connectivity index (χ0v) is 11.4. The summed E-state index contributed by atoms with van der Waals surface area (Å²) in [5.74, 6) is -1.75. The fourth-order valence-corrected chi connectivity index (χ4v) is 2.32. The van der Waals surface area contributed by atoms with Gasteiger partial charge in [0.15, 0.2) is 11.6 Å². The quantitative estimate of drug-likeness (QED) is 0.873. The van der Waals surface area contributed by atoms with Gasteiger partial charge in [-0.2, -0.15) is 0 Å². The van der Waals surface area contributed by atoms with E-state index in [1.807, 2.05) is 13.0 Å². The minimum absolute atomic E-state index is 0.129. The largest absolute Gasteiger partial charge is 0.320 e. The SMILES string of the molecule is Cc1cc(Cl)cc(C(N)c2ccc(C)c(F)c2F)c1. The Morgan fingerprint density at radius 1 is 1.05 bits per heavy atom. The van der Waals surface area contributed by atoms with E-state index in [0.717, 1.165) is 5.56 Å². The van der Waals surface area contributed by atoms with Crippen molar-refractivity contribution in [2.45, 2.75) is 19.9 Å². The molecule has 0 amide bonds. The lowest BCUT2D eigenvalue weighted by molar-refractivity contribution is 0.489. The Balaban J connectivity index is 2.50. The second-order valence-corrected chi connectivity index (χ2v) is 5.08. The van der Waals surface area contributed by atoms with Gasteiger partial charge in [-0.25, -0.2) is 8.78 Å². The third-order valence-electron chi connectivity index (χ3n) is 3.06. The summed E-state index contributed by atoms with van der Waals surface area (Å²) in [5, 5.41) is 0.526. The van der Waals surface area contributed by atoms with Crippen LogP contribution in [0.1, 0.15) is 28.3 Å². The van der Waals surface area contributed by atoms with Crippen molar-refractivity contribution in [3.05, 3.63) is 69.2 Å². The van der Waals surface area contributed by atoms with Crippen molar-refractivity contribution in [1.82, 2.24) is 0 Å². The summed E-state index contributed by atoms with van der Waals surface area (Å²) in [4.78, 5) is 0. The fourth-order valence-electron chi connectivity index (χ4n) is 2.02. The lowest BCUT2D eigenvalue weighted by Crippen LogP contribution is -2.15. The fraction of sp³-hybridized carbons (Fsp3) is 0.200. The number of hydrogen-bond acceptors (Lipinski definition) is 1. The summed E-state index contributed by atoms with van der Waals surface area (Å²) in [5.41, 5.74) is 7.98. The van der Waals surface area contributed by atoms with Crippen LogP contribution in [-0.2, 0) is 0 Å². The average Bonchev–Trinajstić information content (AvgIpc) is 2.34. The molecule has 0 aliphatic carbocycles. The normalized spacial score (nSPS) is 12.5. The van der Waals surface area contributed by atoms with Crippen LogP contribution >= 0.6 is 11.6 Å². The smallest absolute Gasteiger partial charge is 0.164 e. The summed E-state index contributed by atoms with van der Waals surface area (Å²) in [6.07, 6.45) is 0. The van der Waals surface area contributed by atoms with E-state index in [4.69, 9.17) is 17.3 Å². The summed E-state index contributed by atoms with van der Waals surface area (Å²) in [6, 6.07) is 7.54. The molecule has 0 aliphatic rings. The van der Waals surface area contributed by atoms with Gasteiger partial charge in [0.1, 0.15) is 0 Å². The summed E-state index contributed by atoms with van der Waals surface area (Å²) in [6.45, 7) is 3.38. The van der Waals surface area contributed by atoms with Crippen molar-refractivity contribution >= 4 is 11.6 Å². The van der Waals surface area contributed by atoms with Crippen molar-refractivity contribution in [1.29, 1.82) is 0 Å². The highest BCUT2D eigenvalue weighted by molar-refractivity contribution is 6.30. The molecule has 0 aliphatic heterocycles. The molecule has 0 spiro atoms. The Morgan fingerprint density at radius 3 is 2.37 bits per heavy atom. The standard InChI is InChI=1S/C15H14ClF2N/c1-8-5-10(7-11(16)6-8)15(19)12-4-3-9(2)13(17)14(12)18/h3-7,15H,19H2,1-2H3. The van der Waals surface area contributed by atoms with Gasteiger partial charge in [-0.3, -0.25) is 0 Å². The third kappa shape index (κ3) is 2.77. The molecule has 1 nitrogen and oxygen atoms in total. The maximum Gasteiger partial charge on any atom is 0.164 e. The van der Waals surface area contributed by atoms with Crippen molar-refractivity contribution in [2.24, 2.45) is 5.73 Å². The van der Waals surface area contributed by atoms with E-state index < -0.39 is 17.7 Å². The molecule has 0 radical (unpaired) electrons. The number of benzene rings is 2. The first-order valence-electron chi connectivity index (χ1n) is 5.87. The van der Waals surface area contributed by atoms with Crippen LogP contribution in [0.4, 0.5) is 8.78 Å². The van der Waals surface area contributed by atoms with E-state index >= 15 is 0 Å². The monoisotopic (exact) mass is 281 g/mol. The topological polar surface area (TPSA) is 26.0 Å². The van der Waals surface area contributed by atoms with Crippen LogP contribution in [0.2, 0.25) is 5.02 Å². The third-order valence-corrected chi connectivity index (χ3v) is 3.28. The minimum atomic E-state index is -0.898. The van der Waals surface area contributed by atoms with Gasteiger partial charge >= 0.3 is 0 Å². The number of aryl methyl sites for hydroxylation is 2. The van der Waals surface area contributed by atoms with Crippen molar-refractivity contribution in [3.63, 3.8) is 0 Å². The van der Waals surface area contributed by atoms with Crippen LogP contribution in [0.25, 0.3) is 0 Å². The lowest BCUT2D eigenvalue weighted by Gasteiger charge is -2.15. The van der Waals surface area contributed by atoms with Crippen molar-refractivity contribution in [2.75, 3.05) is 0 Å². The first-order chi connectivity index (χ1) is 8.90. The molecule has 1 unspecified atom stereocenters. The number of hydrogen-bond donors (Lipinski definition) is 1. The van der Waals surface area contributed by atoms with Crippen LogP contribution in [0.5, 0.6) is 0 Å². The van der Waals surface area contributed by atoms with Crippen LogP contribution in [0, 0.1) is 25.5 Å². The van der Waals surface area contributed by atoms with E-state index in [-0.39, 0.29) is 11.1 Å². The van der Waals surface area contributed by atoms with Crippen LogP contribution in [-0.4, -0.2) is 0 Å². The average molecular weight is 282 g/mol. The van der Waals surface area contributed by atoms with E-state index in [1.54, 1.807) is 12.1 Å². The number of rotatable bonds is 2. The molecule has 1 atom stereocenters. The Bertz CT molecular complexity index is 606. The summed E-state index contributed by atoms with van der Waals surface area (Å²) in [7, 11) is 0. The molecular weight excluding hydrogens is 268 g/mol. The van der Waals surface area contributed by atoms with Gasteiger partial charge in [0.2, 0.25) is 0 Å². The Morgan fingerprint density at radius 2 is 1.74 bits per heavy atom. The van der Waals surface area contributed by atoms with E-state index in [9.17, 15) is 8.78 Å².